The highest BCUT2D eigenvalue weighted by Gasteiger charge is 2.13. The highest BCUT2D eigenvalue weighted by atomic mass is 35.5. The van der Waals surface area contributed by atoms with Crippen molar-refractivity contribution in [2.45, 2.75) is 6.42 Å². The van der Waals surface area contributed by atoms with Crippen molar-refractivity contribution in [2.75, 3.05) is 18.5 Å². The first kappa shape index (κ1) is 16.1. The number of halogens is 1. The van der Waals surface area contributed by atoms with E-state index in [0.29, 0.717) is 18.8 Å². The number of aromatic nitrogens is 2. The van der Waals surface area contributed by atoms with Gasteiger partial charge in [-0.15, -0.1) is 0 Å². The maximum Gasteiger partial charge on any atom is 0.289 e. The molecular formula is C14H15ClN4O3. The van der Waals surface area contributed by atoms with Crippen LogP contribution < -0.4 is 5.32 Å². The van der Waals surface area contributed by atoms with Gasteiger partial charge < -0.3 is 10.4 Å². The number of hydrogen-bond acceptors (Lipinski definition) is 6. The molecule has 0 bridgehead atoms. The summed E-state index contributed by atoms with van der Waals surface area (Å²) in [7, 11) is 0. The predicted octanol–water partition coefficient (Wildman–Crippen LogP) is 2.30. The van der Waals surface area contributed by atoms with Gasteiger partial charge in [0.15, 0.2) is 0 Å². The Hall–Kier alpha value is -2.25. The van der Waals surface area contributed by atoms with E-state index < -0.39 is 4.92 Å². The number of aliphatic hydroxyl groups is 1. The molecule has 0 saturated carbocycles. The van der Waals surface area contributed by atoms with Crippen LogP contribution >= 0.6 is 11.6 Å². The highest BCUT2D eigenvalue weighted by Crippen LogP contribution is 2.24. The van der Waals surface area contributed by atoms with Crippen LogP contribution in [-0.2, 0) is 6.42 Å². The third-order valence-electron chi connectivity index (χ3n) is 3.08. The Labute approximate surface area is 132 Å². The van der Waals surface area contributed by atoms with Crippen molar-refractivity contribution >= 4 is 23.1 Å². The first-order valence-corrected chi connectivity index (χ1v) is 7.02. The van der Waals surface area contributed by atoms with E-state index in [0.717, 1.165) is 11.9 Å². The first-order chi connectivity index (χ1) is 10.6. The molecule has 1 unspecified atom stereocenters. The van der Waals surface area contributed by atoms with E-state index in [1.165, 1.54) is 6.07 Å². The van der Waals surface area contributed by atoms with Crippen LogP contribution in [0.5, 0.6) is 0 Å². The van der Waals surface area contributed by atoms with Gasteiger partial charge in [0.05, 0.1) is 9.95 Å². The molecule has 7 nitrogen and oxygen atoms in total. The number of nitro groups is 1. The lowest BCUT2D eigenvalue weighted by Crippen LogP contribution is -2.21. The number of hydrogen-bond donors (Lipinski definition) is 2. The molecule has 0 saturated heterocycles. The molecular weight excluding hydrogens is 308 g/mol. The van der Waals surface area contributed by atoms with Crippen molar-refractivity contribution < 1.29 is 10.0 Å². The minimum Gasteiger partial charge on any atom is -0.396 e. The van der Waals surface area contributed by atoms with Gasteiger partial charge in [0.25, 0.3) is 5.69 Å². The third-order valence-corrected chi connectivity index (χ3v) is 3.37. The van der Waals surface area contributed by atoms with E-state index in [9.17, 15) is 15.2 Å². The van der Waals surface area contributed by atoms with Crippen LogP contribution in [0.1, 0.15) is 5.69 Å². The highest BCUT2D eigenvalue weighted by molar-refractivity contribution is 6.33. The second-order valence-corrected chi connectivity index (χ2v) is 5.14. The molecule has 0 aliphatic carbocycles. The number of aliphatic hydroxyl groups excluding tert-OH is 1. The van der Waals surface area contributed by atoms with Crippen LogP contribution in [0.3, 0.4) is 0 Å². The molecule has 0 aliphatic rings. The zero-order valence-electron chi connectivity index (χ0n) is 11.6. The van der Waals surface area contributed by atoms with Crippen molar-refractivity contribution in [3.8, 4) is 0 Å². The maximum atomic E-state index is 10.6. The lowest BCUT2D eigenvalue weighted by Gasteiger charge is -2.15. The fraction of sp³-hybridized carbons (Fsp3) is 0.286. The number of nitrogens with one attached hydrogen (secondary N) is 1. The monoisotopic (exact) mass is 322 g/mol. The van der Waals surface area contributed by atoms with Crippen molar-refractivity contribution in [3.63, 3.8) is 0 Å². The van der Waals surface area contributed by atoms with E-state index in [1.807, 2.05) is 18.2 Å². The second kappa shape index (κ2) is 7.67. The van der Waals surface area contributed by atoms with Crippen molar-refractivity contribution in [1.82, 2.24) is 9.97 Å². The number of anilines is 1. The van der Waals surface area contributed by atoms with Crippen molar-refractivity contribution in [2.24, 2.45) is 5.92 Å². The average molecular weight is 323 g/mol. The van der Waals surface area contributed by atoms with Crippen LogP contribution in [0.25, 0.3) is 0 Å². The van der Waals surface area contributed by atoms with Gasteiger partial charge in [-0.2, -0.15) is 0 Å². The molecule has 0 amide bonds. The molecule has 22 heavy (non-hydrogen) atoms. The number of pyridine rings is 2. The Balaban J connectivity index is 1.97. The molecule has 0 spiro atoms. The summed E-state index contributed by atoms with van der Waals surface area (Å²) in [6, 6.07) is 6.85. The lowest BCUT2D eigenvalue weighted by molar-refractivity contribution is -0.385. The molecule has 8 heteroatoms. The Morgan fingerprint density at radius 2 is 2.23 bits per heavy atom. The molecule has 0 aliphatic heterocycles. The Bertz CT molecular complexity index is 639. The minimum absolute atomic E-state index is 0.0197. The van der Waals surface area contributed by atoms with Gasteiger partial charge in [-0.25, -0.2) is 4.98 Å². The maximum absolute atomic E-state index is 10.6. The molecule has 1 atom stereocenters. The second-order valence-electron chi connectivity index (χ2n) is 4.74. The van der Waals surface area contributed by atoms with Crippen LogP contribution in [0.2, 0.25) is 5.02 Å². The summed E-state index contributed by atoms with van der Waals surface area (Å²) in [5.41, 5.74) is 0.717. The Morgan fingerprint density at radius 3 is 2.82 bits per heavy atom. The summed E-state index contributed by atoms with van der Waals surface area (Å²) >= 11 is 5.96. The van der Waals surface area contributed by atoms with E-state index in [4.69, 9.17) is 11.6 Å². The van der Waals surface area contributed by atoms with Crippen LogP contribution in [-0.4, -0.2) is 33.1 Å². The molecule has 2 aromatic rings. The molecule has 116 valence electrons. The third kappa shape index (κ3) is 4.37. The molecule has 2 heterocycles. The average Bonchev–Trinajstić information content (AvgIpc) is 2.53. The summed E-state index contributed by atoms with van der Waals surface area (Å²) in [5, 5.41) is 23.2. The van der Waals surface area contributed by atoms with Crippen LogP contribution in [0, 0.1) is 16.0 Å². The zero-order valence-corrected chi connectivity index (χ0v) is 12.4. The summed E-state index contributed by atoms with van der Waals surface area (Å²) in [5.74, 6) is 0.287. The predicted molar refractivity (Wildman–Crippen MR) is 82.9 cm³/mol. The molecule has 0 fully saturated rings. The summed E-state index contributed by atoms with van der Waals surface area (Å²) in [4.78, 5) is 18.2. The van der Waals surface area contributed by atoms with E-state index in [2.05, 4.69) is 15.3 Å². The quantitative estimate of drug-likeness (QED) is 0.599. The van der Waals surface area contributed by atoms with Gasteiger partial charge >= 0.3 is 0 Å². The topological polar surface area (TPSA) is 101 Å². The smallest absolute Gasteiger partial charge is 0.289 e. The minimum atomic E-state index is -0.555. The first-order valence-electron chi connectivity index (χ1n) is 6.64. The molecule has 2 aromatic heterocycles. The van der Waals surface area contributed by atoms with Gasteiger partial charge in [-0.3, -0.25) is 15.1 Å². The molecule has 0 aromatic carbocycles. The number of rotatable bonds is 7. The fourth-order valence-corrected chi connectivity index (χ4v) is 2.14. The molecule has 2 N–H and O–H groups in total. The Kier molecular flexibility index (Phi) is 5.62. The number of nitrogens with zero attached hydrogens (tertiary/aromatic N) is 3. The van der Waals surface area contributed by atoms with E-state index >= 15 is 0 Å². The van der Waals surface area contributed by atoms with Crippen molar-refractivity contribution in [3.05, 3.63) is 57.5 Å². The zero-order chi connectivity index (χ0) is 15.9. The fourth-order valence-electron chi connectivity index (χ4n) is 1.91. The van der Waals surface area contributed by atoms with E-state index in [1.54, 1.807) is 6.20 Å². The molecule has 0 radical (unpaired) electrons. The molecule has 2 rings (SSSR count). The summed E-state index contributed by atoms with van der Waals surface area (Å²) in [6.07, 6.45) is 3.45. The largest absolute Gasteiger partial charge is 0.396 e. The van der Waals surface area contributed by atoms with Gasteiger partial charge in [0.1, 0.15) is 12.0 Å². The van der Waals surface area contributed by atoms with Gasteiger partial charge in [0, 0.05) is 37.0 Å². The standard InChI is InChI=1S/C14H15ClN4O3/c15-13-6-12(19(21)22)8-18-14(13)17-7-10(9-20)5-11-3-1-2-4-16-11/h1-4,6,8,10,20H,5,7,9H2,(H,17,18). The van der Waals surface area contributed by atoms with Gasteiger partial charge in [0.2, 0.25) is 0 Å². The van der Waals surface area contributed by atoms with Gasteiger partial charge in [-0.05, 0) is 18.6 Å². The summed E-state index contributed by atoms with van der Waals surface area (Å²) < 4.78 is 0. The normalized spacial score (nSPS) is 11.9. The van der Waals surface area contributed by atoms with Crippen LogP contribution in [0.15, 0.2) is 36.7 Å². The van der Waals surface area contributed by atoms with Crippen molar-refractivity contribution in [1.29, 1.82) is 0 Å². The summed E-state index contributed by atoms with van der Waals surface area (Å²) in [6.45, 7) is 0.409. The van der Waals surface area contributed by atoms with Gasteiger partial charge in [-0.1, -0.05) is 17.7 Å². The SMILES string of the molecule is O=[N+]([O-])c1cnc(NCC(CO)Cc2ccccn2)c(Cl)c1. The van der Waals surface area contributed by atoms with Crippen LogP contribution in [0.4, 0.5) is 11.5 Å². The lowest BCUT2D eigenvalue weighted by atomic mass is 10.0. The van der Waals surface area contributed by atoms with E-state index in [-0.39, 0.29) is 23.2 Å². The Morgan fingerprint density at radius 1 is 1.41 bits per heavy atom.